The fraction of sp³-hybridized carbons (Fsp3) is 0.900. The van der Waals surface area contributed by atoms with E-state index >= 15 is 0 Å². The summed E-state index contributed by atoms with van der Waals surface area (Å²) in [5.41, 5.74) is 0. The molecule has 1 N–H and O–H groups in total. The first-order valence-electron chi connectivity index (χ1n) is 10.4. The number of phosphoric ester groups is 1. The minimum absolute atomic E-state index is 0.0552. The SMILES string of the molecule is CC(C)CCCCCCC(=O)OP(=O)(O)OC(=O)CCCCCCC(C)C. The summed E-state index contributed by atoms with van der Waals surface area (Å²) in [6.07, 6.45) is 9.63. The van der Waals surface area contributed by atoms with Gasteiger partial charge in [-0.25, -0.2) is 4.57 Å². The average molecular weight is 407 g/mol. The largest absolute Gasteiger partial charge is 0.589 e. The number of unbranched alkanes of at least 4 members (excludes halogenated alkanes) is 6. The van der Waals surface area contributed by atoms with Gasteiger partial charge in [0, 0.05) is 12.8 Å². The Balaban J connectivity index is 3.82. The van der Waals surface area contributed by atoms with Crippen molar-refractivity contribution in [1.82, 2.24) is 0 Å². The van der Waals surface area contributed by atoms with Crippen molar-refractivity contribution >= 4 is 19.8 Å². The molecule has 0 aliphatic rings. The highest BCUT2D eigenvalue weighted by molar-refractivity contribution is 7.48. The molecule has 0 saturated heterocycles. The molecule has 0 amide bonds. The van der Waals surface area contributed by atoms with Crippen molar-refractivity contribution in [2.24, 2.45) is 11.8 Å². The number of hydrogen-bond donors (Lipinski definition) is 1. The molecule has 0 heterocycles. The first kappa shape index (κ1) is 26.1. The van der Waals surface area contributed by atoms with Crippen LogP contribution in [0.3, 0.4) is 0 Å². The van der Waals surface area contributed by atoms with Gasteiger partial charge in [-0.05, 0) is 24.7 Å². The van der Waals surface area contributed by atoms with Crippen LogP contribution in [0, 0.1) is 11.8 Å². The van der Waals surface area contributed by atoms with Crippen molar-refractivity contribution in [3.8, 4) is 0 Å². The first-order valence-corrected chi connectivity index (χ1v) is 11.9. The Kier molecular flexibility index (Phi) is 14.6. The van der Waals surface area contributed by atoms with Gasteiger partial charge >= 0.3 is 19.8 Å². The third-order valence-electron chi connectivity index (χ3n) is 4.26. The normalized spacial score (nSPS) is 11.8. The summed E-state index contributed by atoms with van der Waals surface area (Å²) in [4.78, 5) is 32.8. The molecule has 0 bridgehead atoms. The lowest BCUT2D eigenvalue weighted by molar-refractivity contribution is -0.140. The Morgan fingerprint density at radius 1 is 0.704 bits per heavy atom. The van der Waals surface area contributed by atoms with Crippen LogP contribution < -0.4 is 0 Å². The third kappa shape index (κ3) is 18.3. The highest BCUT2D eigenvalue weighted by Gasteiger charge is 2.30. The Hall–Kier alpha value is -0.870. The van der Waals surface area contributed by atoms with Crippen LogP contribution in [0.4, 0.5) is 0 Å². The molecular formula is C20H39O6P. The fourth-order valence-electron chi connectivity index (χ4n) is 2.72. The quantitative estimate of drug-likeness (QED) is 0.244. The average Bonchev–Trinajstić information content (AvgIpc) is 2.52. The van der Waals surface area contributed by atoms with Gasteiger partial charge in [0.1, 0.15) is 0 Å². The lowest BCUT2D eigenvalue weighted by Crippen LogP contribution is -2.08. The summed E-state index contributed by atoms with van der Waals surface area (Å²) in [6, 6.07) is 0. The van der Waals surface area contributed by atoms with Gasteiger partial charge in [0.25, 0.3) is 0 Å². The zero-order valence-electron chi connectivity index (χ0n) is 17.6. The second kappa shape index (κ2) is 15.1. The number of carbonyl (C=O) groups excluding carboxylic acids is 2. The van der Waals surface area contributed by atoms with Crippen LogP contribution in [0.25, 0.3) is 0 Å². The van der Waals surface area contributed by atoms with E-state index in [2.05, 4.69) is 36.7 Å². The lowest BCUT2D eigenvalue weighted by atomic mass is 10.0. The second-order valence-corrected chi connectivity index (χ2v) is 9.39. The van der Waals surface area contributed by atoms with E-state index in [1.165, 1.54) is 0 Å². The lowest BCUT2D eigenvalue weighted by Gasteiger charge is -2.11. The smallest absolute Gasteiger partial charge is 0.361 e. The molecule has 0 rings (SSSR count). The fourth-order valence-corrected chi connectivity index (χ4v) is 3.45. The molecule has 160 valence electrons. The summed E-state index contributed by atoms with van der Waals surface area (Å²) < 4.78 is 20.6. The molecule has 6 nitrogen and oxygen atoms in total. The maximum atomic E-state index is 11.7. The summed E-state index contributed by atoms with van der Waals surface area (Å²) in [7, 11) is -4.65. The molecule has 0 saturated carbocycles. The van der Waals surface area contributed by atoms with Crippen LogP contribution in [0.1, 0.15) is 105 Å². The van der Waals surface area contributed by atoms with Crippen molar-refractivity contribution in [3.63, 3.8) is 0 Å². The molecule has 0 aromatic rings. The molecule has 0 unspecified atom stereocenters. The highest BCUT2D eigenvalue weighted by Crippen LogP contribution is 2.44. The zero-order chi connectivity index (χ0) is 20.7. The van der Waals surface area contributed by atoms with Crippen LogP contribution >= 0.6 is 7.82 Å². The summed E-state index contributed by atoms with van der Waals surface area (Å²) in [6.45, 7) is 8.68. The van der Waals surface area contributed by atoms with Crippen LogP contribution in [0.15, 0.2) is 0 Å². The molecule has 0 spiro atoms. The molecule has 7 heteroatoms. The summed E-state index contributed by atoms with van der Waals surface area (Å²) in [5, 5.41) is 0. The first-order chi connectivity index (χ1) is 12.6. The van der Waals surface area contributed by atoms with Crippen molar-refractivity contribution in [1.29, 1.82) is 0 Å². The van der Waals surface area contributed by atoms with Gasteiger partial charge in [-0.2, -0.15) is 0 Å². The van der Waals surface area contributed by atoms with Gasteiger partial charge in [-0.15, -0.1) is 0 Å². The van der Waals surface area contributed by atoms with Gasteiger partial charge in [0.15, 0.2) is 0 Å². The monoisotopic (exact) mass is 406 g/mol. The van der Waals surface area contributed by atoms with Gasteiger partial charge in [0.05, 0.1) is 0 Å². The van der Waals surface area contributed by atoms with E-state index in [9.17, 15) is 19.0 Å². The standard InChI is InChI=1S/C20H39O6P/c1-17(2)13-9-5-7-11-15-19(21)25-27(23,24)26-20(22)16-12-8-6-10-14-18(3)4/h17-18H,5-16H2,1-4H3,(H,23,24). The molecule has 0 aromatic carbocycles. The van der Waals surface area contributed by atoms with Gasteiger partial charge in [-0.1, -0.05) is 79.1 Å². The molecule has 0 atom stereocenters. The van der Waals surface area contributed by atoms with E-state index in [4.69, 9.17) is 0 Å². The van der Waals surface area contributed by atoms with E-state index in [-0.39, 0.29) is 12.8 Å². The van der Waals surface area contributed by atoms with E-state index in [0.29, 0.717) is 24.7 Å². The molecule has 0 fully saturated rings. The van der Waals surface area contributed by atoms with Gasteiger partial charge < -0.3 is 9.05 Å². The summed E-state index contributed by atoms with van der Waals surface area (Å²) in [5.74, 6) is -0.257. The molecular weight excluding hydrogens is 367 g/mol. The minimum Gasteiger partial charge on any atom is -0.361 e. The predicted octanol–water partition coefficient (Wildman–Crippen LogP) is 6.17. The van der Waals surface area contributed by atoms with E-state index < -0.39 is 19.8 Å². The zero-order valence-corrected chi connectivity index (χ0v) is 18.5. The van der Waals surface area contributed by atoms with Crippen molar-refractivity contribution in [2.45, 2.75) is 105 Å². The Morgan fingerprint density at radius 3 is 1.37 bits per heavy atom. The van der Waals surface area contributed by atoms with Crippen molar-refractivity contribution in [2.75, 3.05) is 0 Å². The molecule has 27 heavy (non-hydrogen) atoms. The maximum Gasteiger partial charge on any atom is 0.589 e. The van der Waals surface area contributed by atoms with Crippen molar-refractivity contribution < 1.29 is 28.1 Å². The van der Waals surface area contributed by atoms with Crippen LogP contribution in [-0.4, -0.2) is 16.8 Å². The van der Waals surface area contributed by atoms with Gasteiger partial charge in [-0.3, -0.25) is 14.5 Å². The van der Waals surface area contributed by atoms with E-state index in [1.807, 2.05) is 0 Å². The molecule has 0 aliphatic heterocycles. The second-order valence-electron chi connectivity index (χ2n) is 8.09. The highest BCUT2D eigenvalue weighted by atomic mass is 31.2. The molecule has 0 aliphatic carbocycles. The number of phosphoric acid groups is 1. The summed E-state index contributed by atoms with van der Waals surface area (Å²) >= 11 is 0. The third-order valence-corrected chi connectivity index (χ3v) is 5.13. The minimum atomic E-state index is -4.65. The number of hydrogen-bond acceptors (Lipinski definition) is 5. The topological polar surface area (TPSA) is 89.9 Å². The van der Waals surface area contributed by atoms with Crippen LogP contribution in [-0.2, 0) is 23.2 Å². The van der Waals surface area contributed by atoms with Gasteiger partial charge in [0.2, 0.25) is 0 Å². The molecule has 0 aromatic heterocycles. The van der Waals surface area contributed by atoms with Crippen molar-refractivity contribution in [3.05, 3.63) is 0 Å². The Morgan fingerprint density at radius 2 is 1.04 bits per heavy atom. The number of carbonyl (C=O) groups is 2. The molecule has 0 radical (unpaired) electrons. The maximum absolute atomic E-state index is 11.7. The van der Waals surface area contributed by atoms with Crippen LogP contribution in [0.5, 0.6) is 0 Å². The predicted molar refractivity (Wildman–Crippen MR) is 107 cm³/mol. The Labute approximate surface area is 165 Å². The number of rotatable bonds is 16. The van der Waals surface area contributed by atoms with E-state index in [1.54, 1.807) is 0 Å². The van der Waals surface area contributed by atoms with Crippen LogP contribution in [0.2, 0.25) is 0 Å². The Bertz CT molecular complexity index is 423. The van der Waals surface area contributed by atoms with E-state index in [0.717, 1.165) is 51.4 Å².